The minimum atomic E-state index is -4.50. The second-order valence-electron chi connectivity index (χ2n) is 8.21. The Labute approximate surface area is 188 Å². The molecule has 1 saturated carbocycles. The highest BCUT2D eigenvalue weighted by Gasteiger charge is 2.41. The van der Waals surface area contributed by atoms with Crippen molar-refractivity contribution in [1.29, 1.82) is 5.26 Å². The van der Waals surface area contributed by atoms with Crippen molar-refractivity contribution >= 4 is 29.2 Å². The standard InChI is InChI=1S/C23H19F3N4O.ClH/c24-23(25,26)17-7-3-2-6-16(17)14-10-15(13-27)20-18(11-14)28-21(29-20)19-12-22(31-30-19)8-4-1-5-9-22;/h2-3,6-7,10-11H,1,4-5,8-9,12H2,(H,28,29);1H. The average molecular weight is 461 g/mol. The van der Waals surface area contributed by atoms with Gasteiger partial charge in [-0.2, -0.15) is 18.4 Å². The number of H-pyrrole nitrogens is 1. The highest BCUT2D eigenvalue weighted by Crippen LogP contribution is 2.40. The zero-order valence-corrected chi connectivity index (χ0v) is 17.8. The number of hydrogen-bond donors (Lipinski definition) is 1. The molecule has 0 amide bonds. The molecule has 2 heterocycles. The molecule has 0 atom stereocenters. The van der Waals surface area contributed by atoms with E-state index in [1.165, 1.54) is 24.6 Å². The monoisotopic (exact) mass is 460 g/mol. The van der Waals surface area contributed by atoms with Gasteiger partial charge >= 0.3 is 6.18 Å². The summed E-state index contributed by atoms with van der Waals surface area (Å²) in [5, 5.41) is 13.9. The zero-order valence-electron chi connectivity index (χ0n) is 17.0. The predicted octanol–water partition coefficient (Wildman–Crippen LogP) is 6.37. The third-order valence-corrected chi connectivity index (χ3v) is 6.13. The number of aromatic nitrogens is 2. The molecule has 166 valence electrons. The zero-order chi connectivity index (χ0) is 21.6. The molecule has 9 heteroatoms. The van der Waals surface area contributed by atoms with Crippen LogP contribution >= 0.6 is 12.4 Å². The van der Waals surface area contributed by atoms with E-state index in [0.29, 0.717) is 34.6 Å². The second-order valence-corrected chi connectivity index (χ2v) is 8.21. The van der Waals surface area contributed by atoms with Crippen molar-refractivity contribution in [3.05, 3.63) is 53.3 Å². The maximum Gasteiger partial charge on any atom is 0.417 e. The van der Waals surface area contributed by atoms with Gasteiger partial charge in [0.25, 0.3) is 0 Å². The number of benzene rings is 2. The van der Waals surface area contributed by atoms with Crippen LogP contribution in [-0.2, 0) is 11.0 Å². The van der Waals surface area contributed by atoms with E-state index >= 15 is 0 Å². The van der Waals surface area contributed by atoms with Crippen molar-refractivity contribution in [3.63, 3.8) is 0 Å². The van der Waals surface area contributed by atoms with E-state index in [1.54, 1.807) is 12.1 Å². The maximum absolute atomic E-state index is 13.5. The summed E-state index contributed by atoms with van der Waals surface area (Å²) < 4.78 is 40.5. The maximum atomic E-state index is 13.5. The minimum absolute atomic E-state index is 0. The van der Waals surface area contributed by atoms with Gasteiger partial charge in [-0.3, -0.25) is 0 Å². The number of imidazole rings is 1. The van der Waals surface area contributed by atoms with Gasteiger partial charge in [-0.25, -0.2) is 4.98 Å². The molecule has 1 spiro atoms. The lowest BCUT2D eigenvalue weighted by atomic mass is 9.81. The summed E-state index contributed by atoms with van der Waals surface area (Å²) in [6.45, 7) is 0. The van der Waals surface area contributed by atoms with Crippen molar-refractivity contribution in [2.75, 3.05) is 0 Å². The molecule has 2 aromatic carbocycles. The van der Waals surface area contributed by atoms with Crippen LogP contribution in [0.5, 0.6) is 0 Å². The van der Waals surface area contributed by atoms with Crippen molar-refractivity contribution in [2.24, 2.45) is 5.16 Å². The van der Waals surface area contributed by atoms with E-state index in [9.17, 15) is 18.4 Å². The molecule has 5 nitrogen and oxygen atoms in total. The molecule has 0 saturated heterocycles. The van der Waals surface area contributed by atoms with E-state index in [-0.39, 0.29) is 29.1 Å². The van der Waals surface area contributed by atoms with Gasteiger partial charge in [0.05, 0.1) is 22.2 Å². The molecular formula is C23H20ClF3N4O. The van der Waals surface area contributed by atoms with Gasteiger partial charge in [0, 0.05) is 6.42 Å². The Morgan fingerprint density at radius 2 is 1.84 bits per heavy atom. The molecule has 1 N–H and O–H groups in total. The van der Waals surface area contributed by atoms with Gasteiger partial charge < -0.3 is 9.82 Å². The molecule has 0 bridgehead atoms. The van der Waals surface area contributed by atoms with Crippen LogP contribution in [0.2, 0.25) is 0 Å². The third-order valence-electron chi connectivity index (χ3n) is 6.13. The minimum Gasteiger partial charge on any atom is -0.388 e. The Balaban J connectivity index is 0.00000245. The summed E-state index contributed by atoms with van der Waals surface area (Å²) in [7, 11) is 0. The van der Waals surface area contributed by atoms with Crippen LogP contribution in [0.15, 0.2) is 41.6 Å². The Hall–Kier alpha value is -3.05. The number of alkyl halides is 3. The topological polar surface area (TPSA) is 74.1 Å². The van der Waals surface area contributed by atoms with Crippen LogP contribution < -0.4 is 0 Å². The van der Waals surface area contributed by atoms with Gasteiger partial charge in [0.15, 0.2) is 5.82 Å². The summed E-state index contributed by atoms with van der Waals surface area (Å²) >= 11 is 0. The van der Waals surface area contributed by atoms with Crippen LogP contribution in [0.1, 0.15) is 55.5 Å². The largest absolute Gasteiger partial charge is 0.417 e. The van der Waals surface area contributed by atoms with Crippen LogP contribution in [0, 0.1) is 11.3 Å². The predicted molar refractivity (Wildman–Crippen MR) is 117 cm³/mol. The van der Waals surface area contributed by atoms with E-state index in [0.717, 1.165) is 31.7 Å². The number of rotatable bonds is 2. The lowest BCUT2D eigenvalue weighted by Crippen LogP contribution is -2.31. The van der Waals surface area contributed by atoms with E-state index in [2.05, 4.69) is 21.2 Å². The van der Waals surface area contributed by atoms with Crippen LogP contribution in [0.3, 0.4) is 0 Å². The Morgan fingerprint density at radius 3 is 2.56 bits per heavy atom. The summed E-state index contributed by atoms with van der Waals surface area (Å²) in [6.07, 6.45) is 1.42. The summed E-state index contributed by atoms with van der Waals surface area (Å²) in [6, 6.07) is 10.5. The van der Waals surface area contributed by atoms with Gasteiger partial charge in [0.2, 0.25) is 0 Å². The number of nitrogens with zero attached hydrogens (tertiary/aromatic N) is 3. The lowest BCUT2D eigenvalue weighted by molar-refractivity contribution is -0.137. The molecular weight excluding hydrogens is 441 g/mol. The molecule has 0 unspecified atom stereocenters. The van der Waals surface area contributed by atoms with Crippen LogP contribution in [0.4, 0.5) is 13.2 Å². The first kappa shape index (κ1) is 22.2. The second kappa shape index (κ2) is 8.14. The molecule has 0 radical (unpaired) electrons. The van der Waals surface area contributed by atoms with Gasteiger partial charge in [-0.15, -0.1) is 12.4 Å². The summed E-state index contributed by atoms with van der Waals surface area (Å²) in [5.41, 5.74) is 1.10. The SMILES string of the molecule is Cl.N#Cc1cc(-c2ccccc2C(F)(F)F)cc2nc(C3=NOC4(CCCCC4)C3)[nH]c12. The number of nitrogens with one attached hydrogen (secondary N) is 1. The van der Waals surface area contributed by atoms with E-state index < -0.39 is 11.7 Å². The number of fused-ring (bicyclic) bond motifs is 1. The number of halogens is 4. The van der Waals surface area contributed by atoms with E-state index in [1.807, 2.05) is 0 Å². The molecule has 1 aliphatic carbocycles. The van der Waals surface area contributed by atoms with Crippen molar-refractivity contribution in [3.8, 4) is 17.2 Å². The molecule has 1 fully saturated rings. The Bertz CT molecular complexity index is 1240. The highest BCUT2D eigenvalue weighted by atomic mass is 35.5. The quantitative estimate of drug-likeness (QED) is 0.483. The molecule has 1 aromatic heterocycles. The van der Waals surface area contributed by atoms with Gasteiger partial charge in [-0.1, -0.05) is 29.8 Å². The number of aromatic amines is 1. The molecule has 32 heavy (non-hydrogen) atoms. The molecule has 1 aliphatic heterocycles. The first-order valence-corrected chi connectivity index (χ1v) is 10.2. The molecule has 2 aliphatic rings. The van der Waals surface area contributed by atoms with Crippen LogP contribution in [0.25, 0.3) is 22.2 Å². The Morgan fingerprint density at radius 1 is 1.09 bits per heavy atom. The molecule has 3 aromatic rings. The Kier molecular flexibility index (Phi) is 5.63. The number of nitriles is 1. The summed E-state index contributed by atoms with van der Waals surface area (Å²) in [5.74, 6) is 0.496. The van der Waals surface area contributed by atoms with E-state index in [4.69, 9.17) is 4.84 Å². The summed E-state index contributed by atoms with van der Waals surface area (Å²) in [4.78, 5) is 13.5. The highest BCUT2D eigenvalue weighted by molar-refractivity contribution is 6.02. The van der Waals surface area contributed by atoms with Crippen molar-refractivity contribution in [2.45, 2.75) is 50.3 Å². The fourth-order valence-electron chi connectivity index (χ4n) is 4.59. The van der Waals surface area contributed by atoms with Crippen molar-refractivity contribution in [1.82, 2.24) is 9.97 Å². The molecule has 5 rings (SSSR count). The third kappa shape index (κ3) is 3.82. The number of oxime groups is 1. The normalized spacial score (nSPS) is 17.5. The number of hydrogen-bond acceptors (Lipinski definition) is 4. The lowest BCUT2D eigenvalue weighted by Gasteiger charge is -2.30. The van der Waals surface area contributed by atoms with Gasteiger partial charge in [0.1, 0.15) is 17.4 Å². The fraction of sp³-hybridized carbons (Fsp3) is 0.348. The first-order valence-electron chi connectivity index (χ1n) is 10.2. The average Bonchev–Trinajstić information content (AvgIpc) is 3.37. The van der Waals surface area contributed by atoms with Crippen LogP contribution in [-0.4, -0.2) is 21.3 Å². The fourth-order valence-corrected chi connectivity index (χ4v) is 4.59. The van der Waals surface area contributed by atoms with Gasteiger partial charge in [-0.05, 0) is 55.0 Å². The first-order chi connectivity index (χ1) is 14.9. The smallest absolute Gasteiger partial charge is 0.388 e. The van der Waals surface area contributed by atoms with Crippen molar-refractivity contribution < 1.29 is 18.0 Å².